The molecule has 2 aliphatic heterocycles. The van der Waals surface area contributed by atoms with Crippen LogP contribution in [-0.2, 0) is 16.1 Å². The molecule has 3 aromatic rings. The normalized spacial score (nSPS) is 19.5. The molecule has 0 unspecified atom stereocenters. The highest BCUT2D eigenvalue weighted by molar-refractivity contribution is 5.82. The Labute approximate surface area is 269 Å². The number of piperidine rings is 1. The molecule has 1 saturated carbocycles. The molecule has 2 amide bonds. The van der Waals surface area contributed by atoms with Crippen LogP contribution in [0, 0.1) is 17.0 Å². The minimum Gasteiger partial charge on any atom is -0.453 e. The molecule has 1 aliphatic carbocycles. The summed E-state index contributed by atoms with van der Waals surface area (Å²) < 4.78 is 35.9. The fraction of sp³-hybridized carbons (Fsp3) is 0.571. The number of imidazole rings is 1. The Kier molecular flexibility index (Phi) is 9.65. The second kappa shape index (κ2) is 13.8. The highest BCUT2D eigenvalue weighted by atomic mass is 19.1. The lowest BCUT2D eigenvalue weighted by molar-refractivity contribution is -0.130. The summed E-state index contributed by atoms with van der Waals surface area (Å²) >= 11 is 0. The van der Waals surface area contributed by atoms with Crippen molar-refractivity contribution in [3.63, 3.8) is 0 Å². The molecule has 3 aliphatic rings. The van der Waals surface area contributed by atoms with Crippen LogP contribution in [0.25, 0.3) is 11.0 Å². The largest absolute Gasteiger partial charge is 0.453 e. The van der Waals surface area contributed by atoms with E-state index in [1.165, 1.54) is 51.3 Å². The molecule has 11 heteroatoms. The zero-order valence-electron chi connectivity index (χ0n) is 27.0. The minimum absolute atomic E-state index is 0.0236. The quantitative estimate of drug-likeness (QED) is 0.268. The molecule has 3 fully saturated rings. The number of anilines is 2. The Hall–Kier alpha value is -3.89. The molecule has 0 bridgehead atoms. The second-order valence-corrected chi connectivity index (χ2v) is 13.3. The van der Waals surface area contributed by atoms with Gasteiger partial charge in [-0.15, -0.1) is 0 Å². The van der Waals surface area contributed by atoms with Crippen LogP contribution < -0.4 is 15.1 Å². The topological polar surface area (TPSA) is 93.8 Å². The van der Waals surface area contributed by atoms with Gasteiger partial charge in [-0.05, 0) is 80.2 Å². The van der Waals surface area contributed by atoms with Gasteiger partial charge in [0.1, 0.15) is 18.1 Å². The SMILES string of the molecule is CCCN(Cc1nc2ccc([C@H]3CCCN3c3cc(F)c(N4CCC5(CCCCC5)CC4)c(F)c3)cc2[nH]1)C(=O)CNC(=O)OC. The number of methoxy groups -OCH3 is 1. The Bertz CT molecular complexity index is 1520. The number of hydrogen-bond donors (Lipinski definition) is 2. The van der Waals surface area contributed by atoms with Crippen molar-refractivity contribution in [3.8, 4) is 0 Å². The molecular weight excluding hydrogens is 590 g/mol. The second-order valence-electron chi connectivity index (χ2n) is 13.3. The molecule has 2 N–H and O–H groups in total. The molecule has 248 valence electrons. The summed E-state index contributed by atoms with van der Waals surface area (Å²) in [7, 11) is 1.25. The van der Waals surface area contributed by atoms with Gasteiger partial charge in [-0.1, -0.05) is 32.3 Å². The van der Waals surface area contributed by atoms with Crippen molar-refractivity contribution < 1.29 is 23.1 Å². The zero-order chi connectivity index (χ0) is 32.3. The average Bonchev–Trinajstić information content (AvgIpc) is 3.71. The van der Waals surface area contributed by atoms with Gasteiger partial charge in [-0.2, -0.15) is 0 Å². The van der Waals surface area contributed by atoms with Crippen LogP contribution in [0.3, 0.4) is 0 Å². The van der Waals surface area contributed by atoms with Crippen LogP contribution in [0.4, 0.5) is 25.0 Å². The number of hydrogen-bond acceptors (Lipinski definition) is 6. The first kappa shape index (κ1) is 32.1. The van der Waals surface area contributed by atoms with Crippen molar-refractivity contribution in [2.24, 2.45) is 5.41 Å². The van der Waals surface area contributed by atoms with E-state index < -0.39 is 17.7 Å². The van der Waals surface area contributed by atoms with Crippen LogP contribution in [0.5, 0.6) is 0 Å². The molecule has 1 aromatic heterocycles. The van der Waals surface area contributed by atoms with E-state index in [-0.39, 0.29) is 30.7 Å². The van der Waals surface area contributed by atoms with Gasteiger partial charge in [0.25, 0.3) is 0 Å². The molecule has 46 heavy (non-hydrogen) atoms. The Balaban J connectivity index is 1.16. The molecule has 1 atom stereocenters. The maximum absolute atomic E-state index is 15.7. The summed E-state index contributed by atoms with van der Waals surface area (Å²) in [6, 6.07) is 9.04. The van der Waals surface area contributed by atoms with Gasteiger partial charge in [0.2, 0.25) is 5.91 Å². The molecule has 2 aromatic carbocycles. The lowest BCUT2D eigenvalue weighted by atomic mass is 9.68. The Morgan fingerprint density at radius 1 is 1.04 bits per heavy atom. The number of halogens is 2. The zero-order valence-corrected chi connectivity index (χ0v) is 27.0. The standard InChI is InChI=1S/C35H46F2N6O3/c1-3-15-42(32(44)22-38-34(45)46-2)23-31-39-28-10-9-24(19-29(28)40-31)30-8-7-16-43(30)25-20-26(36)33(27(37)21-25)41-17-13-35(14-18-41)11-5-4-6-12-35/h9-10,19-21,30H,3-8,11-18,22-23H2,1-2H3,(H,38,45)(H,39,40)/t30-/m1/s1. The number of nitrogens with zero attached hydrogens (tertiary/aromatic N) is 4. The van der Waals surface area contributed by atoms with Gasteiger partial charge >= 0.3 is 6.09 Å². The van der Waals surface area contributed by atoms with E-state index >= 15 is 8.78 Å². The third-order valence-corrected chi connectivity index (χ3v) is 10.3. The Morgan fingerprint density at radius 3 is 2.48 bits per heavy atom. The van der Waals surface area contributed by atoms with Gasteiger partial charge in [-0.3, -0.25) is 4.79 Å². The van der Waals surface area contributed by atoms with Gasteiger partial charge in [-0.25, -0.2) is 18.6 Å². The van der Waals surface area contributed by atoms with Crippen molar-refractivity contribution in [2.75, 3.05) is 49.6 Å². The first-order valence-electron chi connectivity index (χ1n) is 16.9. The van der Waals surface area contributed by atoms with Crippen molar-refractivity contribution in [1.29, 1.82) is 0 Å². The maximum Gasteiger partial charge on any atom is 0.407 e. The number of carbonyl (C=O) groups is 2. The minimum atomic E-state index is -0.655. The first-order valence-corrected chi connectivity index (χ1v) is 16.9. The highest BCUT2D eigenvalue weighted by Crippen LogP contribution is 2.46. The lowest BCUT2D eigenvalue weighted by Crippen LogP contribution is -2.41. The number of benzene rings is 2. The van der Waals surface area contributed by atoms with Gasteiger partial charge < -0.3 is 29.7 Å². The van der Waals surface area contributed by atoms with Crippen LogP contribution in [-0.4, -0.2) is 66.7 Å². The summed E-state index contributed by atoms with van der Waals surface area (Å²) in [5.74, 6) is -0.556. The van der Waals surface area contributed by atoms with Gasteiger partial charge in [0, 0.05) is 31.9 Å². The summed E-state index contributed by atoms with van der Waals surface area (Å²) in [5, 5.41) is 2.44. The third kappa shape index (κ3) is 6.78. The summed E-state index contributed by atoms with van der Waals surface area (Å²) in [6.45, 7) is 4.76. The predicted molar refractivity (Wildman–Crippen MR) is 175 cm³/mol. The third-order valence-electron chi connectivity index (χ3n) is 10.3. The fourth-order valence-electron chi connectivity index (χ4n) is 7.89. The Morgan fingerprint density at radius 2 is 1.78 bits per heavy atom. The van der Waals surface area contributed by atoms with E-state index in [0.29, 0.717) is 36.6 Å². The van der Waals surface area contributed by atoms with Crippen molar-refractivity contribution in [2.45, 2.75) is 83.7 Å². The molecule has 1 spiro atoms. The predicted octanol–water partition coefficient (Wildman–Crippen LogP) is 6.83. The molecule has 2 saturated heterocycles. The molecule has 9 nitrogen and oxygen atoms in total. The van der Waals surface area contributed by atoms with Crippen molar-refractivity contribution >= 4 is 34.4 Å². The number of aromatic nitrogens is 2. The van der Waals surface area contributed by atoms with E-state index in [1.54, 1.807) is 4.90 Å². The highest BCUT2D eigenvalue weighted by Gasteiger charge is 2.37. The van der Waals surface area contributed by atoms with E-state index in [4.69, 9.17) is 4.98 Å². The number of amides is 2. The molecule has 3 heterocycles. The number of aromatic amines is 1. The van der Waals surface area contributed by atoms with Crippen molar-refractivity contribution in [3.05, 3.63) is 53.4 Å². The molecular formula is C35H46F2N6O3. The average molecular weight is 637 g/mol. The number of H-pyrrole nitrogens is 1. The van der Waals surface area contributed by atoms with Crippen molar-refractivity contribution in [1.82, 2.24) is 20.2 Å². The molecule has 6 rings (SSSR count). The van der Waals surface area contributed by atoms with E-state index in [2.05, 4.69) is 26.0 Å². The summed E-state index contributed by atoms with van der Waals surface area (Å²) in [4.78, 5) is 37.9. The fourth-order valence-corrected chi connectivity index (χ4v) is 7.89. The maximum atomic E-state index is 15.7. The summed E-state index contributed by atoms with van der Waals surface area (Å²) in [5.41, 5.74) is 3.72. The number of nitrogens with one attached hydrogen (secondary N) is 2. The first-order chi connectivity index (χ1) is 22.3. The van der Waals surface area contributed by atoms with Crippen LogP contribution in [0.15, 0.2) is 30.3 Å². The number of ether oxygens (including phenoxy) is 1. The van der Waals surface area contributed by atoms with E-state index in [0.717, 1.165) is 55.2 Å². The number of carbonyl (C=O) groups excluding carboxylic acids is 2. The summed E-state index contributed by atoms with van der Waals surface area (Å²) in [6.07, 6.45) is 10.3. The number of rotatable bonds is 9. The van der Waals surface area contributed by atoms with Gasteiger partial charge in [0.15, 0.2) is 11.6 Å². The lowest BCUT2D eigenvalue weighted by Gasteiger charge is -2.45. The smallest absolute Gasteiger partial charge is 0.407 e. The monoisotopic (exact) mass is 636 g/mol. The van der Waals surface area contributed by atoms with Gasteiger partial charge in [0.05, 0.1) is 30.7 Å². The van der Waals surface area contributed by atoms with Crippen LogP contribution in [0.1, 0.15) is 88.6 Å². The van der Waals surface area contributed by atoms with E-state index in [1.807, 2.05) is 24.0 Å². The number of alkyl carbamates (subject to hydrolysis) is 1. The number of fused-ring (bicyclic) bond motifs is 1. The van der Waals surface area contributed by atoms with E-state index in [9.17, 15) is 9.59 Å². The molecule has 0 radical (unpaired) electrons. The van der Waals surface area contributed by atoms with Crippen LogP contribution in [0.2, 0.25) is 0 Å². The van der Waals surface area contributed by atoms with Crippen LogP contribution >= 0.6 is 0 Å².